The van der Waals surface area contributed by atoms with Crippen LogP contribution in [-0.2, 0) is 17.6 Å². The summed E-state index contributed by atoms with van der Waals surface area (Å²) < 4.78 is 0. The molecular formula is C15H13N3OS. The fourth-order valence-electron chi connectivity index (χ4n) is 2.84. The van der Waals surface area contributed by atoms with E-state index in [1.54, 1.807) is 11.3 Å². The Bertz CT molecular complexity index is 701. The minimum Gasteiger partial charge on any atom is -0.293 e. The van der Waals surface area contributed by atoms with Crippen molar-refractivity contribution in [3.8, 4) is 0 Å². The number of benzene rings is 1. The van der Waals surface area contributed by atoms with Crippen LogP contribution in [0.15, 0.2) is 40.8 Å². The molecule has 0 bridgehead atoms. The van der Waals surface area contributed by atoms with Crippen molar-refractivity contribution >= 4 is 17.2 Å². The topological polar surface area (TPSA) is 65.8 Å². The number of aryl methyl sites for hydroxylation is 2. The van der Waals surface area contributed by atoms with Gasteiger partial charge in [0.1, 0.15) is 0 Å². The number of rotatable bonds is 2. The summed E-state index contributed by atoms with van der Waals surface area (Å²) in [5, 5.41) is 5.30. The van der Waals surface area contributed by atoms with Gasteiger partial charge in [-0.3, -0.25) is 4.79 Å². The predicted octanol–water partition coefficient (Wildman–Crippen LogP) is 4.21. The van der Waals surface area contributed by atoms with Crippen LogP contribution < -0.4 is 0 Å². The Morgan fingerprint density at radius 2 is 2.10 bits per heavy atom. The standard InChI is InChI=1S/C15H13N3OS/c16-18-17-14(19)9-13-12-4-2-1-3-10(12)5-6-11-7-8-20-15(11)13/h1-4,7-8,13H,5-6,9H2. The van der Waals surface area contributed by atoms with Gasteiger partial charge in [-0.2, -0.15) is 0 Å². The van der Waals surface area contributed by atoms with Crippen LogP contribution in [0.3, 0.4) is 0 Å². The monoisotopic (exact) mass is 283 g/mol. The molecule has 100 valence electrons. The highest BCUT2D eigenvalue weighted by Gasteiger charge is 2.26. The summed E-state index contributed by atoms with van der Waals surface area (Å²) in [6.07, 6.45) is 2.24. The van der Waals surface area contributed by atoms with Gasteiger partial charge in [0.25, 0.3) is 0 Å². The van der Waals surface area contributed by atoms with E-state index in [0.29, 0.717) is 0 Å². The first kappa shape index (κ1) is 12.9. The number of hydrogen-bond acceptors (Lipinski definition) is 2. The summed E-state index contributed by atoms with van der Waals surface area (Å²) in [6.45, 7) is 0. The number of carbonyl (C=O) groups is 1. The van der Waals surface area contributed by atoms with Gasteiger partial charge >= 0.3 is 0 Å². The Balaban J connectivity index is 2.07. The lowest BCUT2D eigenvalue weighted by Crippen LogP contribution is -2.07. The average molecular weight is 283 g/mol. The summed E-state index contributed by atoms with van der Waals surface area (Å²) in [4.78, 5) is 15.6. The fourth-order valence-corrected chi connectivity index (χ4v) is 3.92. The fraction of sp³-hybridized carbons (Fsp3) is 0.267. The Kier molecular flexibility index (Phi) is 3.54. The van der Waals surface area contributed by atoms with Crippen LogP contribution in [0.4, 0.5) is 0 Å². The molecule has 1 aliphatic carbocycles. The molecule has 1 unspecified atom stereocenters. The molecular weight excluding hydrogens is 270 g/mol. The summed E-state index contributed by atoms with van der Waals surface area (Å²) in [6, 6.07) is 10.4. The van der Waals surface area contributed by atoms with Crippen molar-refractivity contribution in [2.24, 2.45) is 5.11 Å². The maximum Gasteiger partial charge on any atom is 0.219 e. The molecule has 1 aromatic carbocycles. The quantitative estimate of drug-likeness (QED) is 0.462. The van der Waals surface area contributed by atoms with E-state index >= 15 is 0 Å². The zero-order chi connectivity index (χ0) is 13.9. The van der Waals surface area contributed by atoms with Crippen molar-refractivity contribution in [2.45, 2.75) is 25.2 Å². The summed E-state index contributed by atoms with van der Waals surface area (Å²) in [5.74, 6) is -0.379. The molecule has 4 nitrogen and oxygen atoms in total. The molecule has 1 aliphatic rings. The second-order valence-corrected chi connectivity index (χ2v) is 5.80. The van der Waals surface area contributed by atoms with E-state index in [-0.39, 0.29) is 12.3 Å². The van der Waals surface area contributed by atoms with Crippen LogP contribution in [0.2, 0.25) is 0 Å². The molecule has 20 heavy (non-hydrogen) atoms. The second kappa shape index (κ2) is 5.49. The number of thiophene rings is 1. The molecule has 0 aliphatic heterocycles. The predicted molar refractivity (Wildman–Crippen MR) is 78.8 cm³/mol. The molecule has 1 heterocycles. The van der Waals surface area contributed by atoms with Gasteiger partial charge in [0.05, 0.1) is 0 Å². The Labute approximate surface area is 120 Å². The number of carbonyl (C=O) groups excluding carboxylic acids is 1. The Hall–Kier alpha value is -2.10. The van der Waals surface area contributed by atoms with Crippen LogP contribution >= 0.6 is 11.3 Å². The van der Waals surface area contributed by atoms with Crippen molar-refractivity contribution in [1.82, 2.24) is 0 Å². The lowest BCUT2D eigenvalue weighted by atomic mass is 9.90. The van der Waals surface area contributed by atoms with Crippen LogP contribution in [-0.4, -0.2) is 5.91 Å². The summed E-state index contributed by atoms with van der Waals surface area (Å²) in [5.41, 5.74) is 12.2. The van der Waals surface area contributed by atoms with Crippen LogP contribution in [0.25, 0.3) is 10.4 Å². The van der Waals surface area contributed by atoms with Crippen molar-refractivity contribution < 1.29 is 4.79 Å². The van der Waals surface area contributed by atoms with Gasteiger partial charge in [0.15, 0.2) is 0 Å². The van der Waals surface area contributed by atoms with E-state index in [1.165, 1.54) is 21.6 Å². The van der Waals surface area contributed by atoms with Gasteiger partial charge in [-0.1, -0.05) is 24.3 Å². The van der Waals surface area contributed by atoms with Crippen molar-refractivity contribution in [3.63, 3.8) is 0 Å². The first-order chi connectivity index (χ1) is 9.79. The molecule has 0 fully saturated rings. The minimum atomic E-state index is -0.395. The molecule has 0 N–H and O–H groups in total. The Morgan fingerprint density at radius 1 is 1.30 bits per heavy atom. The first-order valence-corrected chi connectivity index (χ1v) is 7.39. The van der Waals surface area contributed by atoms with Gasteiger partial charge in [-0.15, -0.1) is 11.3 Å². The zero-order valence-corrected chi connectivity index (χ0v) is 11.6. The van der Waals surface area contributed by atoms with E-state index in [1.807, 2.05) is 12.1 Å². The maximum absolute atomic E-state index is 11.7. The van der Waals surface area contributed by atoms with E-state index in [9.17, 15) is 4.79 Å². The lowest BCUT2D eigenvalue weighted by molar-refractivity contribution is -0.118. The van der Waals surface area contributed by atoms with Gasteiger partial charge in [0.2, 0.25) is 5.91 Å². The van der Waals surface area contributed by atoms with Gasteiger partial charge in [-0.25, -0.2) is 0 Å². The van der Waals surface area contributed by atoms with Crippen molar-refractivity contribution in [3.05, 3.63) is 67.7 Å². The highest BCUT2D eigenvalue weighted by atomic mass is 32.1. The molecule has 1 amide bonds. The molecule has 0 saturated heterocycles. The summed E-state index contributed by atoms with van der Waals surface area (Å²) >= 11 is 1.68. The largest absolute Gasteiger partial charge is 0.293 e. The number of hydrogen-bond donors (Lipinski definition) is 0. The third kappa shape index (κ3) is 2.33. The highest BCUT2D eigenvalue weighted by molar-refractivity contribution is 7.10. The molecule has 0 saturated carbocycles. The molecule has 1 aromatic heterocycles. The van der Waals surface area contributed by atoms with Gasteiger partial charge < -0.3 is 0 Å². The van der Waals surface area contributed by atoms with E-state index in [2.05, 4.69) is 33.6 Å². The molecule has 5 heteroatoms. The molecule has 3 rings (SSSR count). The second-order valence-electron chi connectivity index (χ2n) is 4.85. The van der Waals surface area contributed by atoms with Crippen LogP contribution in [0.1, 0.15) is 33.9 Å². The van der Waals surface area contributed by atoms with E-state index in [0.717, 1.165) is 12.8 Å². The molecule has 2 aromatic rings. The lowest BCUT2D eigenvalue weighted by Gasteiger charge is -2.16. The number of fused-ring (bicyclic) bond motifs is 2. The number of azide groups is 1. The number of amides is 1. The maximum atomic E-state index is 11.7. The third-order valence-corrected chi connectivity index (χ3v) is 4.80. The van der Waals surface area contributed by atoms with E-state index < -0.39 is 5.91 Å². The van der Waals surface area contributed by atoms with Gasteiger partial charge in [0, 0.05) is 22.1 Å². The third-order valence-electron chi connectivity index (χ3n) is 3.73. The smallest absolute Gasteiger partial charge is 0.219 e. The SMILES string of the molecule is [N-]=[N+]=NC(=O)CC1c2ccccc2CCc2ccsc21. The van der Waals surface area contributed by atoms with Crippen molar-refractivity contribution in [1.29, 1.82) is 0 Å². The minimum absolute atomic E-state index is 0.0155. The number of nitrogens with zero attached hydrogens (tertiary/aromatic N) is 3. The van der Waals surface area contributed by atoms with Gasteiger partial charge in [-0.05, 0) is 51.6 Å². The first-order valence-electron chi connectivity index (χ1n) is 6.51. The van der Waals surface area contributed by atoms with Crippen molar-refractivity contribution in [2.75, 3.05) is 0 Å². The Morgan fingerprint density at radius 3 is 2.95 bits per heavy atom. The average Bonchev–Trinajstić information content (AvgIpc) is 2.86. The summed E-state index contributed by atoms with van der Waals surface area (Å²) in [7, 11) is 0. The zero-order valence-electron chi connectivity index (χ0n) is 10.8. The molecule has 0 spiro atoms. The molecule has 0 radical (unpaired) electrons. The van der Waals surface area contributed by atoms with Crippen LogP contribution in [0.5, 0.6) is 0 Å². The van der Waals surface area contributed by atoms with Crippen LogP contribution in [0, 0.1) is 0 Å². The highest BCUT2D eigenvalue weighted by Crippen LogP contribution is 2.39. The van der Waals surface area contributed by atoms with E-state index in [4.69, 9.17) is 5.53 Å². The molecule has 1 atom stereocenters. The normalized spacial score (nSPS) is 16.5.